The van der Waals surface area contributed by atoms with E-state index in [0.29, 0.717) is 0 Å². The van der Waals surface area contributed by atoms with Crippen LogP contribution in [0.3, 0.4) is 0 Å². The Morgan fingerprint density at radius 2 is 2.00 bits per heavy atom. The number of hydrogen-bond acceptors (Lipinski definition) is 2. The zero-order chi connectivity index (χ0) is 14.6. The van der Waals surface area contributed by atoms with E-state index < -0.39 is 11.7 Å². The number of carbonyl (C=O) groups is 1. The molecule has 1 aromatic rings. The molecule has 0 saturated carbocycles. The molecule has 0 bridgehead atoms. The van der Waals surface area contributed by atoms with Crippen LogP contribution in [0.5, 0.6) is 0 Å². The monoisotopic (exact) mass is 389 g/mol. The minimum Gasteiger partial charge on any atom is -0.444 e. The summed E-state index contributed by atoms with van der Waals surface area (Å²) in [5.74, 6) is 0. The Morgan fingerprint density at radius 1 is 1.37 bits per heavy atom. The van der Waals surface area contributed by atoms with E-state index in [9.17, 15) is 4.79 Å². The summed E-state index contributed by atoms with van der Waals surface area (Å²) in [6.07, 6.45) is 1.44. The first kappa shape index (κ1) is 16.2. The van der Waals surface area contributed by atoms with Crippen molar-refractivity contribution in [2.45, 2.75) is 33.3 Å². The number of halogens is 2. The smallest absolute Gasteiger partial charge is 0.412 e. The molecule has 0 spiro atoms. The van der Waals surface area contributed by atoms with E-state index in [4.69, 9.17) is 4.74 Å². The van der Waals surface area contributed by atoms with Gasteiger partial charge in [-0.1, -0.05) is 31.9 Å². The predicted molar refractivity (Wildman–Crippen MR) is 86.7 cm³/mol. The average Bonchev–Trinajstić information content (AvgIpc) is 2.22. The van der Waals surface area contributed by atoms with Crippen LogP contribution in [0.1, 0.15) is 31.9 Å². The van der Waals surface area contributed by atoms with Gasteiger partial charge in [0, 0.05) is 10.2 Å². The maximum absolute atomic E-state index is 11.8. The van der Waals surface area contributed by atoms with Crippen molar-refractivity contribution in [2.24, 2.45) is 0 Å². The molecular weight excluding hydrogens is 374 g/mol. The van der Waals surface area contributed by atoms with Gasteiger partial charge in [0.15, 0.2) is 0 Å². The normalized spacial score (nSPS) is 11.7. The first-order valence-electron chi connectivity index (χ1n) is 5.80. The lowest BCUT2D eigenvalue weighted by atomic mass is 10.1. The second kappa shape index (κ2) is 6.57. The van der Waals surface area contributed by atoms with E-state index in [0.717, 1.165) is 21.3 Å². The fraction of sp³-hybridized carbons (Fsp3) is 0.357. The zero-order valence-corrected chi connectivity index (χ0v) is 14.6. The van der Waals surface area contributed by atoms with Crippen LogP contribution in [-0.4, -0.2) is 11.7 Å². The standard InChI is InChI=1S/C14H17Br2NO2/c1-9-7-11(16)10(5-6-15)8-12(9)17-13(18)19-14(2,3)4/h5-8H,1-4H3,(H,17,18)/b6-5-. The van der Waals surface area contributed by atoms with Crippen molar-refractivity contribution >= 4 is 49.7 Å². The molecule has 1 N–H and O–H groups in total. The van der Waals surface area contributed by atoms with Crippen LogP contribution in [0.2, 0.25) is 0 Å². The van der Waals surface area contributed by atoms with Crippen LogP contribution in [0.25, 0.3) is 6.08 Å². The molecule has 0 aliphatic rings. The maximum atomic E-state index is 11.8. The average molecular weight is 391 g/mol. The van der Waals surface area contributed by atoms with Gasteiger partial charge in [-0.25, -0.2) is 4.79 Å². The summed E-state index contributed by atoms with van der Waals surface area (Å²) in [6.45, 7) is 7.43. The molecule has 0 aliphatic heterocycles. The Labute approximate surface area is 130 Å². The summed E-state index contributed by atoms with van der Waals surface area (Å²) >= 11 is 6.72. The Balaban J connectivity index is 2.95. The van der Waals surface area contributed by atoms with Gasteiger partial charge in [-0.05, 0) is 62.0 Å². The number of benzene rings is 1. The maximum Gasteiger partial charge on any atom is 0.412 e. The van der Waals surface area contributed by atoms with Crippen LogP contribution >= 0.6 is 31.9 Å². The topological polar surface area (TPSA) is 38.3 Å². The first-order valence-corrected chi connectivity index (χ1v) is 7.50. The third kappa shape index (κ3) is 5.37. The third-order valence-electron chi connectivity index (χ3n) is 2.22. The third-order valence-corrected chi connectivity index (χ3v) is 3.17. The molecule has 1 rings (SSSR count). The minimum absolute atomic E-state index is 0.452. The summed E-state index contributed by atoms with van der Waals surface area (Å²) in [6, 6.07) is 3.84. The highest BCUT2D eigenvalue weighted by molar-refractivity contribution is 9.11. The molecule has 0 atom stereocenters. The van der Waals surface area contributed by atoms with Crippen molar-refractivity contribution in [1.82, 2.24) is 0 Å². The van der Waals surface area contributed by atoms with E-state index in [1.807, 2.05) is 45.9 Å². The molecular formula is C14H17Br2NO2. The van der Waals surface area contributed by atoms with Crippen molar-refractivity contribution in [3.05, 3.63) is 32.7 Å². The molecule has 0 heterocycles. The molecule has 19 heavy (non-hydrogen) atoms. The number of aryl methyl sites for hydroxylation is 1. The SMILES string of the molecule is Cc1cc(Br)c(/C=C\Br)cc1NC(=O)OC(C)(C)C. The Kier molecular flexibility index (Phi) is 5.62. The van der Waals surface area contributed by atoms with Gasteiger partial charge in [0.1, 0.15) is 5.60 Å². The van der Waals surface area contributed by atoms with Crippen molar-refractivity contribution in [2.75, 3.05) is 5.32 Å². The Bertz CT molecular complexity index is 505. The molecule has 0 radical (unpaired) electrons. The van der Waals surface area contributed by atoms with Gasteiger partial charge in [0.2, 0.25) is 0 Å². The summed E-state index contributed by atoms with van der Waals surface area (Å²) in [5.41, 5.74) is 2.16. The lowest BCUT2D eigenvalue weighted by molar-refractivity contribution is 0.0636. The van der Waals surface area contributed by atoms with Crippen molar-refractivity contribution in [1.29, 1.82) is 0 Å². The molecule has 1 amide bonds. The second-order valence-corrected chi connectivity index (χ2v) is 6.49. The number of carbonyl (C=O) groups excluding carboxylic acids is 1. The quantitative estimate of drug-likeness (QED) is 0.726. The van der Waals surface area contributed by atoms with Gasteiger partial charge in [0.25, 0.3) is 0 Å². The van der Waals surface area contributed by atoms with E-state index >= 15 is 0 Å². The molecule has 1 aromatic carbocycles. The van der Waals surface area contributed by atoms with Crippen LogP contribution < -0.4 is 5.32 Å². The van der Waals surface area contributed by atoms with Crippen LogP contribution in [0.15, 0.2) is 21.6 Å². The summed E-state index contributed by atoms with van der Waals surface area (Å²) in [5, 5.41) is 2.76. The van der Waals surface area contributed by atoms with Crippen LogP contribution in [-0.2, 0) is 4.74 Å². The molecule has 0 fully saturated rings. The van der Waals surface area contributed by atoms with Crippen LogP contribution in [0.4, 0.5) is 10.5 Å². The highest BCUT2D eigenvalue weighted by atomic mass is 79.9. The Morgan fingerprint density at radius 3 is 2.53 bits per heavy atom. The first-order chi connectivity index (χ1) is 8.73. The second-order valence-electron chi connectivity index (χ2n) is 5.11. The molecule has 3 nitrogen and oxygen atoms in total. The molecule has 0 saturated heterocycles. The molecule has 0 aromatic heterocycles. The molecule has 5 heteroatoms. The number of hydrogen-bond donors (Lipinski definition) is 1. The van der Waals surface area contributed by atoms with Crippen LogP contribution in [0, 0.1) is 6.92 Å². The number of amides is 1. The number of ether oxygens (including phenoxy) is 1. The van der Waals surface area contributed by atoms with Crippen molar-refractivity contribution < 1.29 is 9.53 Å². The zero-order valence-electron chi connectivity index (χ0n) is 11.4. The molecule has 0 aliphatic carbocycles. The largest absolute Gasteiger partial charge is 0.444 e. The van der Waals surface area contributed by atoms with Crippen molar-refractivity contribution in [3.8, 4) is 0 Å². The van der Waals surface area contributed by atoms with Gasteiger partial charge in [-0.15, -0.1) is 0 Å². The lowest BCUT2D eigenvalue weighted by Crippen LogP contribution is -2.27. The van der Waals surface area contributed by atoms with Gasteiger partial charge in [-0.2, -0.15) is 0 Å². The number of anilines is 1. The van der Waals surface area contributed by atoms with Gasteiger partial charge >= 0.3 is 6.09 Å². The summed E-state index contributed by atoms with van der Waals surface area (Å²) in [7, 11) is 0. The number of nitrogens with one attached hydrogen (secondary N) is 1. The fourth-order valence-electron chi connectivity index (χ4n) is 1.43. The van der Waals surface area contributed by atoms with E-state index in [-0.39, 0.29) is 0 Å². The lowest BCUT2D eigenvalue weighted by Gasteiger charge is -2.20. The predicted octanol–water partition coefficient (Wildman–Crippen LogP) is 5.47. The van der Waals surface area contributed by atoms with E-state index in [1.54, 1.807) is 4.99 Å². The van der Waals surface area contributed by atoms with E-state index in [1.165, 1.54) is 0 Å². The fourth-order valence-corrected chi connectivity index (χ4v) is 2.31. The van der Waals surface area contributed by atoms with E-state index in [2.05, 4.69) is 37.2 Å². The highest BCUT2D eigenvalue weighted by Crippen LogP contribution is 2.27. The van der Waals surface area contributed by atoms with Gasteiger partial charge in [-0.3, -0.25) is 5.32 Å². The van der Waals surface area contributed by atoms with Crippen molar-refractivity contribution in [3.63, 3.8) is 0 Å². The summed E-state index contributed by atoms with van der Waals surface area (Å²) in [4.78, 5) is 13.5. The minimum atomic E-state index is -0.508. The van der Waals surface area contributed by atoms with Gasteiger partial charge in [0.05, 0.1) is 0 Å². The van der Waals surface area contributed by atoms with Gasteiger partial charge < -0.3 is 4.74 Å². The highest BCUT2D eigenvalue weighted by Gasteiger charge is 2.17. The summed E-state index contributed by atoms with van der Waals surface area (Å²) < 4.78 is 6.21. The Hall–Kier alpha value is -0.810. The molecule has 104 valence electrons. The number of rotatable bonds is 2. The molecule has 0 unspecified atom stereocenters.